The number of ether oxygens (including phenoxy) is 5. The van der Waals surface area contributed by atoms with E-state index < -0.39 is 29.1 Å². The number of nitrogens with zero attached hydrogens (tertiary/aromatic N) is 3. The summed E-state index contributed by atoms with van der Waals surface area (Å²) in [4.78, 5) is 65.6. The van der Waals surface area contributed by atoms with Gasteiger partial charge in [-0.1, -0.05) is 0 Å². The summed E-state index contributed by atoms with van der Waals surface area (Å²) in [7, 11) is 0. The van der Waals surface area contributed by atoms with Gasteiger partial charge in [0, 0.05) is 37.3 Å². The highest BCUT2D eigenvalue weighted by Crippen LogP contribution is 2.15. The Balaban J connectivity index is 1.42. The zero-order valence-electron chi connectivity index (χ0n) is 29.2. The number of carbonyl (C=O) groups excluding carboxylic acids is 3. The number of nitrogens with two attached hydrogens (primary N) is 1. The van der Waals surface area contributed by atoms with Gasteiger partial charge in [0.2, 0.25) is 5.95 Å². The van der Waals surface area contributed by atoms with E-state index in [1.165, 1.54) is 6.20 Å². The number of ketones is 1. The molecule has 2 aromatic heterocycles. The minimum atomic E-state index is -1.01. The molecular weight excluding hydrogens is 650 g/mol. The van der Waals surface area contributed by atoms with Crippen molar-refractivity contribution >= 4 is 40.5 Å². The van der Waals surface area contributed by atoms with Crippen molar-refractivity contribution in [2.24, 2.45) is 0 Å². The Kier molecular flexibility index (Phi) is 16.7. The van der Waals surface area contributed by atoms with Crippen LogP contribution in [0.2, 0.25) is 0 Å². The monoisotopic (exact) mass is 699 g/mol. The lowest BCUT2D eigenvalue weighted by Crippen LogP contribution is -2.44. The highest BCUT2D eigenvalue weighted by molar-refractivity contribution is 5.97. The largest absolute Gasteiger partial charge is 0.458 e. The van der Waals surface area contributed by atoms with Gasteiger partial charge in [0.05, 0.1) is 58.1 Å². The van der Waals surface area contributed by atoms with E-state index >= 15 is 0 Å². The number of nitrogens with one attached hydrogen (secondary N) is 3. The van der Waals surface area contributed by atoms with Crippen LogP contribution >= 0.6 is 0 Å². The Morgan fingerprint density at radius 2 is 1.54 bits per heavy atom. The third-order valence-corrected chi connectivity index (χ3v) is 6.88. The molecule has 0 saturated heterocycles. The Morgan fingerprint density at radius 1 is 0.900 bits per heavy atom. The van der Waals surface area contributed by atoms with Crippen LogP contribution in [0.3, 0.4) is 0 Å². The lowest BCUT2D eigenvalue weighted by Gasteiger charge is -2.24. The summed E-state index contributed by atoms with van der Waals surface area (Å²) in [6.07, 6.45) is 2.48. The average Bonchev–Trinajstić information content (AvgIpc) is 3.07. The molecule has 1 atom stereocenters. The Morgan fingerprint density at radius 3 is 2.18 bits per heavy atom. The van der Waals surface area contributed by atoms with Crippen LogP contribution in [0.4, 0.5) is 11.6 Å². The molecule has 5 N–H and O–H groups in total. The van der Waals surface area contributed by atoms with Gasteiger partial charge in [-0.3, -0.25) is 19.4 Å². The molecule has 16 nitrogen and oxygen atoms in total. The van der Waals surface area contributed by atoms with Crippen molar-refractivity contribution in [2.45, 2.75) is 71.6 Å². The number of anilines is 2. The smallest absolute Gasteiger partial charge is 0.329 e. The van der Waals surface area contributed by atoms with E-state index in [-0.39, 0.29) is 48.7 Å². The van der Waals surface area contributed by atoms with Crippen molar-refractivity contribution in [2.75, 3.05) is 63.9 Å². The molecule has 274 valence electrons. The molecule has 50 heavy (non-hydrogen) atoms. The molecule has 0 spiro atoms. The van der Waals surface area contributed by atoms with Crippen molar-refractivity contribution in [3.05, 3.63) is 52.1 Å². The van der Waals surface area contributed by atoms with E-state index in [4.69, 9.17) is 29.4 Å². The highest BCUT2D eigenvalue weighted by atomic mass is 16.6. The molecule has 2 heterocycles. The van der Waals surface area contributed by atoms with Gasteiger partial charge in [-0.15, -0.1) is 0 Å². The maximum absolute atomic E-state index is 13.1. The van der Waals surface area contributed by atoms with Gasteiger partial charge in [0.1, 0.15) is 17.4 Å². The molecule has 0 bridgehead atoms. The number of hydrogen-bond donors (Lipinski definition) is 4. The first-order valence-corrected chi connectivity index (χ1v) is 16.7. The van der Waals surface area contributed by atoms with E-state index in [1.807, 2.05) is 6.92 Å². The second-order valence-corrected chi connectivity index (χ2v) is 12.2. The number of nitrogen functional groups attached to an aromatic ring is 1. The number of benzene rings is 1. The highest BCUT2D eigenvalue weighted by Gasteiger charge is 2.27. The van der Waals surface area contributed by atoms with E-state index in [1.54, 1.807) is 45.0 Å². The third kappa shape index (κ3) is 14.9. The van der Waals surface area contributed by atoms with Crippen LogP contribution in [0.25, 0.3) is 11.2 Å². The Hall–Kier alpha value is -4.51. The van der Waals surface area contributed by atoms with Crippen molar-refractivity contribution in [1.29, 1.82) is 0 Å². The number of carbonyl (C=O) groups is 3. The zero-order chi connectivity index (χ0) is 36.4. The summed E-state index contributed by atoms with van der Waals surface area (Å²) in [6, 6.07) is 5.57. The maximum Gasteiger partial charge on any atom is 0.329 e. The lowest BCUT2D eigenvalue weighted by atomic mass is 10.0. The number of H-pyrrole nitrogens is 1. The van der Waals surface area contributed by atoms with E-state index in [2.05, 4.69) is 30.6 Å². The molecule has 0 aliphatic rings. The lowest BCUT2D eigenvalue weighted by molar-refractivity contribution is -0.157. The summed E-state index contributed by atoms with van der Waals surface area (Å²) in [6.45, 7) is 11.3. The number of aromatic amines is 1. The molecule has 1 amide bonds. The van der Waals surface area contributed by atoms with Gasteiger partial charge in [0.25, 0.3) is 11.5 Å². The summed E-state index contributed by atoms with van der Waals surface area (Å²) in [5.74, 6) is -1.19. The number of Topliss-reactive ketones (excluding diaryl/α,β-unsaturated/α-hetero) is 1. The Bertz CT molecular complexity index is 1580. The second-order valence-electron chi connectivity index (χ2n) is 12.2. The van der Waals surface area contributed by atoms with Crippen LogP contribution < -0.4 is 21.9 Å². The average molecular weight is 700 g/mol. The number of hydrogen-bond acceptors (Lipinski definition) is 14. The van der Waals surface area contributed by atoms with Crippen LogP contribution in [0, 0.1) is 0 Å². The normalized spacial score (nSPS) is 12.1. The zero-order valence-corrected chi connectivity index (χ0v) is 29.2. The first-order chi connectivity index (χ1) is 23.9. The molecule has 3 aromatic rings. The van der Waals surface area contributed by atoms with Crippen molar-refractivity contribution in [1.82, 2.24) is 25.3 Å². The second kappa shape index (κ2) is 20.9. The van der Waals surface area contributed by atoms with Crippen LogP contribution in [0.5, 0.6) is 0 Å². The predicted octanol–water partition coefficient (Wildman–Crippen LogP) is 2.56. The molecule has 3 rings (SSSR count). The van der Waals surface area contributed by atoms with Gasteiger partial charge in [-0.2, -0.15) is 4.98 Å². The molecule has 0 unspecified atom stereocenters. The summed E-state index contributed by atoms with van der Waals surface area (Å²) in [5, 5.41) is 5.89. The minimum absolute atomic E-state index is 0.0417. The first-order valence-electron chi connectivity index (χ1n) is 16.7. The number of fused-ring (bicyclic) bond motifs is 1. The minimum Gasteiger partial charge on any atom is -0.458 e. The SMILES string of the molecule is CCOCCOCCOCCOCCCC(=O)CC[C@H](NC(=O)c1ccc(NCc2cnc3nc(N)[nH]c(=O)c3n2)cc1)C(=O)OC(C)(C)C. The fourth-order valence-electron chi connectivity index (χ4n) is 4.46. The van der Waals surface area contributed by atoms with Crippen LogP contribution in [0.15, 0.2) is 35.3 Å². The van der Waals surface area contributed by atoms with Gasteiger partial charge >= 0.3 is 5.97 Å². The number of aromatic nitrogens is 4. The quantitative estimate of drug-likeness (QED) is 0.0826. The van der Waals surface area contributed by atoms with Gasteiger partial charge < -0.3 is 40.1 Å². The van der Waals surface area contributed by atoms with E-state index in [9.17, 15) is 19.2 Å². The molecular formula is C34H49N7O9. The molecule has 16 heteroatoms. The summed E-state index contributed by atoms with van der Waals surface area (Å²) in [5.41, 5.74) is 6.00. The fraction of sp³-hybridized carbons (Fsp3) is 0.559. The molecule has 0 saturated carbocycles. The Labute approximate surface area is 291 Å². The van der Waals surface area contributed by atoms with Crippen LogP contribution in [-0.2, 0) is 39.8 Å². The van der Waals surface area contributed by atoms with Crippen molar-refractivity contribution < 1.29 is 38.1 Å². The van der Waals surface area contributed by atoms with Crippen molar-refractivity contribution in [3.63, 3.8) is 0 Å². The molecule has 0 aliphatic heterocycles. The number of rotatable bonds is 23. The fourth-order valence-corrected chi connectivity index (χ4v) is 4.46. The number of esters is 1. The van der Waals surface area contributed by atoms with E-state index in [0.29, 0.717) is 76.2 Å². The summed E-state index contributed by atoms with van der Waals surface area (Å²) < 4.78 is 27.1. The van der Waals surface area contributed by atoms with Gasteiger partial charge in [-0.25, -0.2) is 14.8 Å². The maximum atomic E-state index is 13.1. The molecule has 0 fully saturated rings. The van der Waals surface area contributed by atoms with Crippen molar-refractivity contribution in [3.8, 4) is 0 Å². The molecule has 0 aliphatic carbocycles. The first kappa shape index (κ1) is 39.9. The third-order valence-electron chi connectivity index (χ3n) is 6.88. The summed E-state index contributed by atoms with van der Waals surface area (Å²) >= 11 is 0. The standard InChI is InChI=1S/C34H49N7O9/c1-5-46-15-16-48-19-20-49-18-17-47-14-6-7-26(42)12-13-27(32(45)50-34(2,3)4)39-30(43)23-8-10-24(11-9-23)36-21-25-22-37-29-28(38-25)31(44)41-33(35)40-29/h8-11,22,27,36H,5-7,12-21H2,1-4H3,(H,39,43)(H3,35,37,40,41,44)/t27-/m0/s1. The number of amides is 1. The van der Waals surface area contributed by atoms with Crippen LogP contribution in [0.1, 0.15) is 69.4 Å². The van der Waals surface area contributed by atoms with Gasteiger partial charge in [-0.05, 0) is 64.8 Å². The van der Waals surface area contributed by atoms with Crippen LogP contribution in [-0.4, -0.2) is 102 Å². The molecule has 1 aromatic carbocycles. The molecule has 0 radical (unpaired) electrons. The van der Waals surface area contributed by atoms with Gasteiger partial charge in [0.15, 0.2) is 11.2 Å². The predicted molar refractivity (Wildman–Crippen MR) is 186 cm³/mol. The topological polar surface area (TPSA) is 219 Å². The van der Waals surface area contributed by atoms with E-state index in [0.717, 1.165) is 0 Å².